The molecule has 0 saturated heterocycles. The number of hydrogen-bond acceptors (Lipinski definition) is 2. The lowest BCUT2D eigenvalue weighted by molar-refractivity contribution is -0.123. The van der Waals surface area contributed by atoms with Crippen molar-refractivity contribution in [1.29, 1.82) is 0 Å². The van der Waals surface area contributed by atoms with Crippen LogP contribution in [0, 0.1) is 19.7 Å². The predicted octanol–water partition coefficient (Wildman–Crippen LogP) is 4.06. The van der Waals surface area contributed by atoms with E-state index in [0.29, 0.717) is 11.4 Å². The van der Waals surface area contributed by atoms with Gasteiger partial charge in [0.1, 0.15) is 12.2 Å². The zero-order valence-electron chi connectivity index (χ0n) is 12.7. The highest BCUT2D eigenvalue weighted by Gasteiger charge is 2.11. The molecule has 0 atom stereocenters. The number of halogens is 2. The van der Waals surface area contributed by atoms with Gasteiger partial charge in [-0.2, -0.15) is 0 Å². The Bertz CT molecular complexity index is 742. The minimum Gasteiger partial charge on any atom is -0.326 e. The van der Waals surface area contributed by atoms with E-state index >= 15 is 0 Å². The van der Waals surface area contributed by atoms with Gasteiger partial charge in [0.25, 0.3) is 0 Å². The highest BCUT2D eigenvalue weighted by molar-refractivity contribution is 6.31. The van der Waals surface area contributed by atoms with Crippen LogP contribution in [-0.4, -0.2) is 11.8 Å². The van der Waals surface area contributed by atoms with E-state index in [0.717, 1.165) is 17.2 Å². The molecule has 0 saturated carbocycles. The smallest absolute Gasteiger partial charge is 0.233 e. The second-order valence-electron chi connectivity index (χ2n) is 5.28. The van der Waals surface area contributed by atoms with Gasteiger partial charge in [0.05, 0.1) is 5.02 Å². The number of carbonyl (C=O) groups excluding carboxylic acids is 2. The Kier molecular flexibility index (Phi) is 5.34. The Morgan fingerprint density at radius 1 is 0.957 bits per heavy atom. The van der Waals surface area contributed by atoms with Crippen molar-refractivity contribution in [2.45, 2.75) is 20.3 Å². The van der Waals surface area contributed by atoms with E-state index in [1.165, 1.54) is 12.1 Å². The van der Waals surface area contributed by atoms with E-state index in [9.17, 15) is 14.0 Å². The Labute approximate surface area is 138 Å². The third-order valence-corrected chi connectivity index (χ3v) is 3.32. The molecule has 0 aliphatic carbocycles. The van der Waals surface area contributed by atoms with Gasteiger partial charge in [-0.05, 0) is 55.3 Å². The van der Waals surface area contributed by atoms with Gasteiger partial charge in [-0.3, -0.25) is 9.59 Å². The summed E-state index contributed by atoms with van der Waals surface area (Å²) in [5.74, 6) is -1.51. The van der Waals surface area contributed by atoms with Crippen molar-refractivity contribution < 1.29 is 14.0 Å². The lowest BCUT2D eigenvalue weighted by Gasteiger charge is -2.08. The number of nitrogens with one attached hydrogen (secondary N) is 2. The second-order valence-corrected chi connectivity index (χ2v) is 5.69. The van der Waals surface area contributed by atoms with E-state index in [1.807, 2.05) is 32.0 Å². The maximum atomic E-state index is 13.0. The highest BCUT2D eigenvalue weighted by atomic mass is 35.5. The SMILES string of the molecule is Cc1cc(C)cc(NC(=O)CC(=O)Nc2ccc(F)c(Cl)c2)c1. The minimum absolute atomic E-state index is 0.0949. The van der Waals surface area contributed by atoms with Crippen molar-refractivity contribution in [2.75, 3.05) is 10.6 Å². The molecule has 0 aliphatic rings. The van der Waals surface area contributed by atoms with Gasteiger partial charge in [0.15, 0.2) is 0 Å². The van der Waals surface area contributed by atoms with E-state index in [4.69, 9.17) is 11.6 Å². The Balaban J connectivity index is 1.94. The summed E-state index contributed by atoms with van der Waals surface area (Å²) >= 11 is 5.63. The van der Waals surface area contributed by atoms with Gasteiger partial charge in [-0.25, -0.2) is 4.39 Å². The fourth-order valence-electron chi connectivity index (χ4n) is 2.18. The van der Waals surface area contributed by atoms with Crippen LogP contribution in [0.25, 0.3) is 0 Å². The first-order chi connectivity index (χ1) is 10.8. The summed E-state index contributed by atoms with van der Waals surface area (Å²) in [5, 5.41) is 5.08. The first-order valence-corrected chi connectivity index (χ1v) is 7.34. The number of amides is 2. The molecule has 6 heteroatoms. The topological polar surface area (TPSA) is 58.2 Å². The standard InChI is InChI=1S/C17H16ClFN2O2/c1-10-5-11(2)7-13(6-10)21-17(23)9-16(22)20-12-3-4-15(19)14(18)8-12/h3-8H,9H2,1-2H3,(H,20,22)(H,21,23). The summed E-state index contributed by atoms with van der Waals surface area (Å²) < 4.78 is 13.0. The van der Waals surface area contributed by atoms with Gasteiger partial charge >= 0.3 is 0 Å². The van der Waals surface area contributed by atoms with Crippen LogP contribution in [0.1, 0.15) is 17.5 Å². The minimum atomic E-state index is -0.572. The first-order valence-electron chi connectivity index (χ1n) is 6.96. The van der Waals surface area contributed by atoms with Crippen LogP contribution in [0.4, 0.5) is 15.8 Å². The number of hydrogen-bond donors (Lipinski definition) is 2. The van der Waals surface area contributed by atoms with Gasteiger partial charge in [-0.15, -0.1) is 0 Å². The largest absolute Gasteiger partial charge is 0.326 e. The lowest BCUT2D eigenvalue weighted by atomic mass is 10.1. The Morgan fingerprint density at radius 3 is 2.09 bits per heavy atom. The van der Waals surface area contributed by atoms with Crippen LogP contribution < -0.4 is 10.6 Å². The molecule has 0 aromatic heterocycles. The molecule has 0 fully saturated rings. The number of rotatable bonds is 4. The molecule has 4 nitrogen and oxygen atoms in total. The molecule has 2 amide bonds. The van der Waals surface area contributed by atoms with Crippen molar-refractivity contribution in [2.24, 2.45) is 0 Å². The molecular formula is C17H16ClFN2O2. The maximum absolute atomic E-state index is 13.0. The molecule has 0 aliphatic heterocycles. The molecule has 0 heterocycles. The van der Waals surface area contributed by atoms with Gasteiger partial charge < -0.3 is 10.6 Å². The van der Waals surface area contributed by atoms with E-state index < -0.39 is 17.6 Å². The Hall–Kier alpha value is -2.40. The van der Waals surface area contributed by atoms with Crippen LogP contribution in [0.2, 0.25) is 5.02 Å². The summed E-state index contributed by atoms with van der Waals surface area (Å²) in [4.78, 5) is 23.7. The predicted molar refractivity (Wildman–Crippen MR) is 89.2 cm³/mol. The van der Waals surface area contributed by atoms with Crippen molar-refractivity contribution in [3.05, 3.63) is 58.4 Å². The average Bonchev–Trinajstić information content (AvgIpc) is 2.41. The number of benzene rings is 2. The molecule has 2 rings (SSSR count). The summed E-state index contributed by atoms with van der Waals surface area (Å²) in [6, 6.07) is 9.44. The van der Waals surface area contributed by atoms with Crippen LogP contribution in [-0.2, 0) is 9.59 Å². The third kappa shape index (κ3) is 5.07. The summed E-state index contributed by atoms with van der Waals surface area (Å²) in [7, 11) is 0. The molecule has 0 bridgehead atoms. The quantitative estimate of drug-likeness (QED) is 0.828. The molecule has 2 N–H and O–H groups in total. The van der Waals surface area contributed by atoms with Crippen molar-refractivity contribution in [3.63, 3.8) is 0 Å². The van der Waals surface area contributed by atoms with E-state index in [1.54, 1.807) is 0 Å². The summed E-state index contributed by atoms with van der Waals surface area (Å²) in [6.07, 6.45) is -0.345. The molecule has 23 heavy (non-hydrogen) atoms. The zero-order valence-corrected chi connectivity index (χ0v) is 13.5. The highest BCUT2D eigenvalue weighted by Crippen LogP contribution is 2.19. The maximum Gasteiger partial charge on any atom is 0.233 e. The molecule has 0 spiro atoms. The van der Waals surface area contributed by atoms with Crippen LogP contribution in [0.5, 0.6) is 0 Å². The van der Waals surface area contributed by atoms with Gasteiger partial charge in [-0.1, -0.05) is 17.7 Å². The monoisotopic (exact) mass is 334 g/mol. The van der Waals surface area contributed by atoms with E-state index in [-0.39, 0.29) is 11.4 Å². The average molecular weight is 335 g/mol. The number of anilines is 2. The van der Waals surface area contributed by atoms with Crippen molar-refractivity contribution in [1.82, 2.24) is 0 Å². The summed E-state index contributed by atoms with van der Waals surface area (Å²) in [5.41, 5.74) is 3.02. The van der Waals surface area contributed by atoms with Gasteiger partial charge in [0, 0.05) is 11.4 Å². The lowest BCUT2D eigenvalue weighted by Crippen LogP contribution is -2.21. The first kappa shape index (κ1) is 17.0. The van der Waals surface area contributed by atoms with Crippen LogP contribution in [0.3, 0.4) is 0 Å². The van der Waals surface area contributed by atoms with Crippen molar-refractivity contribution >= 4 is 34.8 Å². The van der Waals surface area contributed by atoms with Gasteiger partial charge in [0.2, 0.25) is 11.8 Å². The fraction of sp³-hybridized carbons (Fsp3) is 0.176. The van der Waals surface area contributed by atoms with Crippen LogP contribution >= 0.6 is 11.6 Å². The number of carbonyl (C=O) groups is 2. The molecule has 2 aromatic rings. The fourth-order valence-corrected chi connectivity index (χ4v) is 2.36. The molecule has 0 unspecified atom stereocenters. The summed E-state index contributed by atoms with van der Waals surface area (Å²) in [6.45, 7) is 3.85. The molecule has 2 aromatic carbocycles. The van der Waals surface area contributed by atoms with Crippen LogP contribution in [0.15, 0.2) is 36.4 Å². The number of aryl methyl sites for hydroxylation is 2. The normalized spacial score (nSPS) is 10.3. The zero-order chi connectivity index (χ0) is 17.0. The molecular weight excluding hydrogens is 319 g/mol. The molecule has 0 radical (unpaired) electrons. The third-order valence-electron chi connectivity index (χ3n) is 3.03. The Morgan fingerprint density at radius 2 is 1.52 bits per heavy atom. The van der Waals surface area contributed by atoms with Crippen molar-refractivity contribution in [3.8, 4) is 0 Å². The molecule has 120 valence electrons. The second kappa shape index (κ2) is 7.24. The van der Waals surface area contributed by atoms with E-state index in [2.05, 4.69) is 10.6 Å².